The number of carboxylic acids is 1. The van der Waals surface area contributed by atoms with Crippen LogP contribution in [0, 0.1) is 0 Å². The van der Waals surface area contributed by atoms with Gasteiger partial charge in [-0.25, -0.2) is 14.0 Å². The van der Waals surface area contributed by atoms with Gasteiger partial charge in [0.05, 0.1) is 12.2 Å². The zero-order valence-corrected chi connectivity index (χ0v) is 21.1. The molecule has 13 heteroatoms. The molecule has 37 heavy (non-hydrogen) atoms. The first-order valence-corrected chi connectivity index (χ1v) is 13.2. The lowest BCUT2D eigenvalue weighted by Gasteiger charge is -2.16. The van der Waals surface area contributed by atoms with Crippen molar-refractivity contribution in [3.8, 4) is 0 Å². The van der Waals surface area contributed by atoms with E-state index >= 15 is 0 Å². The molecule has 3 unspecified atom stereocenters. The van der Waals surface area contributed by atoms with E-state index in [0.29, 0.717) is 17.5 Å². The molecule has 196 valence electrons. The number of nitrogens with zero attached hydrogens (tertiary/aromatic N) is 2. The number of thioether (sulfide) groups is 1. The number of amides is 1. The van der Waals surface area contributed by atoms with Crippen molar-refractivity contribution in [1.82, 2.24) is 9.55 Å². The van der Waals surface area contributed by atoms with Crippen molar-refractivity contribution < 1.29 is 33.4 Å². The van der Waals surface area contributed by atoms with Crippen molar-refractivity contribution in [3.63, 3.8) is 0 Å². The Morgan fingerprint density at radius 2 is 1.70 bits per heavy atom. The second-order valence-electron chi connectivity index (χ2n) is 7.77. The molecule has 0 radical (unpaired) electrons. The molecule has 0 bridgehead atoms. The van der Waals surface area contributed by atoms with Crippen molar-refractivity contribution in [2.45, 2.75) is 29.6 Å². The minimum Gasteiger partial charge on any atom is -0.478 e. The number of benzene rings is 2. The van der Waals surface area contributed by atoms with E-state index in [1.807, 2.05) is 0 Å². The molecule has 1 aliphatic heterocycles. The maximum absolute atomic E-state index is 14.4. The summed E-state index contributed by atoms with van der Waals surface area (Å²) in [5.41, 5.74) is 0.109. The Kier molecular flexibility index (Phi) is 10.7. The molecule has 0 aliphatic carbocycles. The fourth-order valence-electron chi connectivity index (χ4n) is 3.43. The zero-order valence-electron chi connectivity index (χ0n) is 19.4. The maximum Gasteiger partial charge on any atom is 0.350 e. The number of nitrogens with one attached hydrogen (secondary N) is 1. The van der Waals surface area contributed by atoms with E-state index < -0.39 is 37.7 Å². The molecular formula is C24H25FN3O7PS. The average Bonchev–Trinajstić information content (AvgIpc) is 3.25. The van der Waals surface area contributed by atoms with Crippen molar-refractivity contribution in [2.24, 2.45) is 0 Å². The van der Waals surface area contributed by atoms with Crippen LogP contribution in [0.5, 0.6) is 0 Å². The first-order chi connectivity index (χ1) is 17.7. The zero-order chi connectivity index (χ0) is 26.8. The highest BCUT2D eigenvalue weighted by atomic mass is 32.2. The second kappa shape index (κ2) is 14.0. The van der Waals surface area contributed by atoms with Gasteiger partial charge in [-0.05, 0) is 43.2 Å². The van der Waals surface area contributed by atoms with Gasteiger partial charge in [-0.2, -0.15) is 4.98 Å². The lowest BCUT2D eigenvalue weighted by Crippen LogP contribution is -2.29. The monoisotopic (exact) mass is 549 g/mol. The summed E-state index contributed by atoms with van der Waals surface area (Å²) >= 11 is 1.28. The van der Waals surface area contributed by atoms with Crippen molar-refractivity contribution in [3.05, 3.63) is 94.5 Å². The Labute approximate surface area is 217 Å². The fraction of sp³-hybridized carbons (Fsp3) is 0.250. The number of carbonyl (C=O) groups is 2. The number of aromatic carboxylic acids is 1. The number of halogens is 1. The van der Waals surface area contributed by atoms with Crippen LogP contribution in [-0.2, 0) is 4.52 Å². The lowest BCUT2D eigenvalue weighted by molar-refractivity contribution is 0.0696. The normalized spacial score (nSPS) is 18.6. The number of rotatable bonds is 8. The minimum absolute atomic E-state index is 0.0951. The van der Waals surface area contributed by atoms with Gasteiger partial charge in [-0.1, -0.05) is 36.4 Å². The molecule has 4 N–H and O–H groups in total. The lowest BCUT2D eigenvalue weighted by atomic mass is 10.2. The van der Waals surface area contributed by atoms with Crippen LogP contribution < -0.4 is 11.0 Å². The topological polar surface area (TPSA) is 151 Å². The molecule has 1 amide bonds. The summed E-state index contributed by atoms with van der Waals surface area (Å²) in [7, 11) is -2.42. The summed E-state index contributed by atoms with van der Waals surface area (Å²) in [6.45, 7) is 0.105. The van der Waals surface area contributed by atoms with Crippen molar-refractivity contribution in [2.75, 3.05) is 11.9 Å². The smallest absolute Gasteiger partial charge is 0.350 e. The molecule has 4 rings (SSSR count). The van der Waals surface area contributed by atoms with Crippen LogP contribution in [0.25, 0.3) is 0 Å². The molecule has 1 saturated heterocycles. The SMILES string of the molecule is O=C(Nc1ccn(C2SC(CCOP(O)O)CC2F)c(=O)n1)c1ccccc1.O=C(O)c1ccccc1. The van der Waals surface area contributed by atoms with E-state index in [1.165, 1.54) is 28.6 Å². The number of hydrogen-bond donors (Lipinski definition) is 4. The second-order valence-corrected chi connectivity index (χ2v) is 9.95. The highest BCUT2D eigenvalue weighted by Gasteiger charge is 2.37. The summed E-state index contributed by atoms with van der Waals surface area (Å²) in [5.74, 6) is -1.18. The molecule has 2 aromatic carbocycles. The molecule has 1 aliphatic rings. The number of aromatic nitrogens is 2. The quantitative estimate of drug-likeness (QED) is 0.307. The molecule has 0 spiro atoms. The standard InChI is InChI=1S/C17H19FN3O5PS.C7H6O2/c18-13-10-12(7-9-26-27(24)25)28-16(13)21-8-6-14(20-17(21)23)19-15(22)11-4-2-1-3-5-11;8-7(9)6-4-2-1-3-5-6/h1-6,8,12-13,16,24-25H,7,9-10H2,(H,19,20,22,23);1-5H,(H,8,9). The van der Waals surface area contributed by atoms with Crippen LogP contribution in [0.3, 0.4) is 0 Å². The molecule has 1 fully saturated rings. The van der Waals surface area contributed by atoms with Gasteiger partial charge in [0.25, 0.3) is 5.91 Å². The Bertz CT molecular complexity index is 1230. The third-order valence-electron chi connectivity index (χ3n) is 5.18. The highest BCUT2D eigenvalue weighted by Crippen LogP contribution is 2.44. The molecular weight excluding hydrogens is 524 g/mol. The fourth-order valence-corrected chi connectivity index (χ4v) is 5.20. The van der Waals surface area contributed by atoms with E-state index in [4.69, 9.17) is 19.4 Å². The van der Waals surface area contributed by atoms with Crippen LogP contribution in [0.2, 0.25) is 0 Å². The number of carboxylic acid groups (broad SMARTS) is 1. The Morgan fingerprint density at radius 3 is 2.24 bits per heavy atom. The summed E-state index contributed by atoms with van der Waals surface area (Å²) in [6.07, 6.45) is 0.838. The predicted molar refractivity (Wildman–Crippen MR) is 138 cm³/mol. The number of alkyl halides is 1. The predicted octanol–water partition coefficient (Wildman–Crippen LogP) is 3.84. The summed E-state index contributed by atoms with van der Waals surface area (Å²) in [5, 5.41) is 10.1. The van der Waals surface area contributed by atoms with Crippen LogP contribution in [-0.4, -0.2) is 54.3 Å². The Hall–Kier alpha value is -3.15. The summed E-state index contributed by atoms with van der Waals surface area (Å²) < 4.78 is 20.3. The van der Waals surface area contributed by atoms with Crippen LogP contribution in [0.15, 0.2) is 77.7 Å². The maximum atomic E-state index is 14.4. The minimum atomic E-state index is -2.42. The Balaban J connectivity index is 0.000000356. The van der Waals surface area contributed by atoms with Gasteiger partial charge in [0.2, 0.25) is 0 Å². The van der Waals surface area contributed by atoms with E-state index in [-0.39, 0.29) is 24.1 Å². The van der Waals surface area contributed by atoms with E-state index in [1.54, 1.807) is 60.7 Å². The van der Waals surface area contributed by atoms with Gasteiger partial charge in [0.15, 0.2) is 0 Å². The van der Waals surface area contributed by atoms with Gasteiger partial charge in [0, 0.05) is 17.0 Å². The van der Waals surface area contributed by atoms with Gasteiger partial charge in [-0.3, -0.25) is 9.36 Å². The number of hydrogen-bond acceptors (Lipinski definition) is 8. The molecule has 0 saturated carbocycles. The van der Waals surface area contributed by atoms with Crippen molar-refractivity contribution >= 4 is 38.1 Å². The van der Waals surface area contributed by atoms with E-state index in [2.05, 4.69) is 10.3 Å². The molecule has 3 aromatic rings. The third-order valence-corrected chi connectivity index (χ3v) is 7.21. The van der Waals surface area contributed by atoms with Gasteiger partial charge in [-0.15, -0.1) is 11.8 Å². The summed E-state index contributed by atoms with van der Waals surface area (Å²) in [4.78, 5) is 56.0. The third kappa shape index (κ3) is 8.73. The largest absolute Gasteiger partial charge is 0.478 e. The first-order valence-electron chi connectivity index (χ1n) is 11.1. The van der Waals surface area contributed by atoms with E-state index in [0.717, 1.165) is 0 Å². The Morgan fingerprint density at radius 1 is 1.08 bits per heavy atom. The van der Waals surface area contributed by atoms with Gasteiger partial charge >= 0.3 is 20.3 Å². The first kappa shape index (κ1) is 28.4. The summed E-state index contributed by atoms with van der Waals surface area (Å²) in [6, 6.07) is 18.3. The number of carbonyl (C=O) groups excluding carboxylic acids is 1. The van der Waals surface area contributed by atoms with Crippen LogP contribution in [0.1, 0.15) is 38.9 Å². The highest BCUT2D eigenvalue weighted by molar-refractivity contribution is 8.00. The molecule has 10 nitrogen and oxygen atoms in total. The van der Waals surface area contributed by atoms with E-state index in [9.17, 15) is 18.8 Å². The van der Waals surface area contributed by atoms with Crippen LogP contribution in [0.4, 0.5) is 10.2 Å². The molecule has 2 heterocycles. The molecule has 1 aromatic heterocycles. The van der Waals surface area contributed by atoms with Crippen molar-refractivity contribution in [1.29, 1.82) is 0 Å². The van der Waals surface area contributed by atoms with Gasteiger partial charge in [0.1, 0.15) is 17.4 Å². The molecule has 3 atom stereocenters. The van der Waals surface area contributed by atoms with Crippen LogP contribution >= 0.6 is 20.4 Å². The average molecular weight is 550 g/mol. The van der Waals surface area contributed by atoms with Gasteiger partial charge < -0.3 is 24.7 Å². The number of anilines is 1.